The highest BCUT2D eigenvalue weighted by Crippen LogP contribution is 2.23. The maximum atomic E-state index is 13.8. The van der Waals surface area contributed by atoms with Crippen LogP contribution in [0, 0.1) is 12.7 Å². The number of methoxy groups -OCH3 is 1. The number of rotatable bonds is 7. The van der Waals surface area contributed by atoms with Gasteiger partial charge in [0.2, 0.25) is 0 Å². The first-order valence-electron chi connectivity index (χ1n) is 6.64. The van der Waals surface area contributed by atoms with Crippen LogP contribution in [0.3, 0.4) is 0 Å². The molecule has 0 atom stereocenters. The van der Waals surface area contributed by atoms with Crippen LogP contribution in [0.4, 0.5) is 4.39 Å². The van der Waals surface area contributed by atoms with Gasteiger partial charge in [-0.15, -0.1) is 0 Å². The molecule has 1 heterocycles. The fraction of sp³-hybridized carbons (Fsp3) is 0.333. The maximum absolute atomic E-state index is 13.8. The van der Waals surface area contributed by atoms with E-state index in [2.05, 4.69) is 15.3 Å². The zero-order chi connectivity index (χ0) is 15.1. The minimum Gasteiger partial charge on any atom is -0.421 e. The summed E-state index contributed by atoms with van der Waals surface area (Å²) in [5.41, 5.74) is 1.44. The highest BCUT2D eigenvalue weighted by Gasteiger charge is 2.08. The van der Waals surface area contributed by atoms with E-state index >= 15 is 0 Å². The number of nitrogens with one attached hydrogen (secondary N) is 1. The first-order chi connectivity index (χ1) is 10.2. The molecular weight excluding hydrogens is 273 g/mol. The van der Waals surface area contributed by atoms with Crippen LogP contribution in [0.2, 0.25) is 0 Å². The van der Waals surface area contributed by atoms with Gasteiger partial charge in [-0.3, -0.25) is 0 Å². The van der Waals surface area contributed by atoms with Crippen LogP contribution in [0.5, 0.6) is 11.8 Å². The van der Waals surface area contributed by atoms with Gasteiger partial charge in [0.25, 0.3) is 0 Å². The summed E-state index contributed by atoms with van der Waals surface area (Å²) in [7, 11) is 1.65. The molecule has 1 aromatic carbocycles. The Morgan fingerprint density at radius 1 is 1.24 bits per heavy atom. The van der Waals surface area contributed by atoms with Crippen molar-refractivity contribution in [2.24, 2.45) is 0 Å². The molecule has 0 fully saturated rings. The first kappa shape index (κ1) is 15.3. The van der Waals surface area contributed by atoms with Gasteiger partial charge < -0.3 is 14.8 Å². The van der Waals surface area contributed by atoms with Crippen molar-refractivity contribution in [3.05, 3.63) is 47.5 Å². The molecule has 0 spiro atoms. The maximum Gasteiger partial charge on any atom is 0.321 e. The van der Waals surface area contributed by atoms with Crippen molar-refractivity contribution in [3.8, 4) is 11.8 Å². The third-order valence-corrected chi connectivity index (χ3v) is 2.85. The molecule has 0 saturated carbocycles. The number of ether oxygens (including phenoxy) is 2. The second-order valence-corrected chi connectivity index (χ2v) is 4.53. The quantitative estimate of drug-likeness (QED) is 0.794. The Morgan fingerprint density at radius 2 is 2.00 bits per heavy atom. The molecule has 1 aromatic heterocycles. The summed E-state index contributed by atoms with van der Waals surface area (Å²) in [5.74, 6) is -0.271. The van der Waals surface area contributed by atoms with Crippen molar-refractivity contribution in [1.82, 2.24) is 15.3 Å². The summed E-state index contributed by atoms with van der Waals surface area (Å²) < 4.78 is 24.1. The Balaban J connectivity index is 1.94. The summed E-state index contributed by atoms with van der Waals surface area (Å²) in [6.45, 7) is 3.72. The molecule has 0 aliphatic rings. The van der Waals surface area contributed by atoms with Crippen LogP contribution in [0.25, 0.3) is 0 Å². The van der Waals surface area contributed by atoms with E-state index in [1.54, 1.807) is 44.6 Å². The second kappa shape index (κ2) is 7.66. The van der Waals surface area contributed by atoms with Crippen LogP contribution in [0.15, 0.2) is 30.6 Å². The molecule has 0 amide bonds. The topological polar surface area (TPSA) is 56.3 Å². The summed E-state index contributed by atoms with van der Waals surface area (Å²) in [6, 6.07) is 5.08. The number of hydrogen-bond donors (Lipinski definition) is 1. The van der Waals surface area contributed by atoms with Crippen molar-refractivity contribution in [2.45, 2.75) is 13.5 Å². The average Bonchev–Trinajstić information content (AvgIpc) is 2.50. The monoisotopic (exact) mass is 291 g/mol. The predicted molar refractivity (Wildman–Crippen MR) is 76.8 cm³/mol. The van der Waals surface area contributed by atoms with Gasteiger partial charge in [0.15, 0.2) is 11.6 Å². The van der Waals surface area contributed by atoms with E-state index in [4.69, 9.17) is 9.47 Å². The van der Waals surface area contributed by atoms with E-state index in [1.807, 2.05) is 0 Å². The highest BCUT2D eigenvalue weighted by atomic mass is 19.1. The molecule has 21 heavy (non-hydrogen) atoms. The lowest BCUT2D eigenvalue weighted by atomic mass is 10.2. The number of aromatic nitrogens is 2. The third-order valence-electron chi connectivity index (χ3n) is 2.85. The standard InChI is InChI=1S/C15H18FN3O2/c1-11-4-3-5-13(14(11)16)21-15-18-9-12(10-19-15)8-17-6-7-20-2/h3-5,9-10,17H,6-8H2,1-2H3. The van der Waals surface area contributed by atoms with Gasteiger partial charge in [-0.2, -0.15) is 0 Å². The number of hydrogen-bond acceptors (Lipinski definition) is 5. The number of halogens is 1. The molecule has 0 bridgehead atoms. The Labute approximate surface area is 123 Å². The SMILES string of the molecule is COCCNCc1cnc(Oc2cccc(C)c2F)nc1. The molecule has 112 valence electrons. The van der Waals surface area contributed by atoms with Crippen LogP contribution in [-0.4, -0.2) is 30.2 Å². The van der Waals surface area contributed by atoms with Gasteiger partial charge in [-0.25, -0.2) is 14.4 Å². The summed E-state index contributed by atoms with van der Waals surface area (Å²) in [4.78, 5) is 8.14. The number of aryl methyl sites for hydroxylation is 1. The molecule has 5 nitrogen and oxygen atoms in total. The molecule has 0 aliphatic carbocycles. The van der Waals surface area contributed by atoms with Gasteiger partial charge in [0.05, 0.1) is 6.61 Å². The summed E-state index contributed by atoms with van der Waals surface area (Å²) in [6.07, 6.45) is 3.30. The van der Waals surface area contributed by atoms with Crippen molar-refractivity contribution in [1.29, 1.82) is 0 Å². The van der Waals surface area contributed by atoms with Crippen LogP contribution < -0.4 is 10.1 Å². The highest BCUT2D eigenvalue weighted by molar-refractivity contribution is 5.31. The van der Waals surface area contributed by atoms with Crippen molar-refractivity contribution < 1.29 is 13.9 Å². The second-order valence-electron chi connectivity index (χ2n) is 4.53. The Bertz CT molecular complexity index is 576. The van der Waals surface area contributed by atoms with E-state index in [-0.39, 0.29) is 11.8 Å². The van der Waals surface area contributed by atoms with E-state index in [9.17, 15) is 4.39 Å². The Kier molecular flexibility index (Phi) is 5.59. The van der Waals surface area contributed by atoms with Crippen LogP contribution in [-0.2, 0) is 11.3 Å². The van der Waals surface area contributed by atoms with Gasteiger partial charge in [-0.1, -0.05) is 12.1 Å². The Morgan fingerprint density at radius 3 is 2.71 bits per heavy atom. The average molecular weight is 291 g/mol. The minimum atomic E-state index is -0.397. The van der Waals surface area contributed by atoms with E-state index in [0.29, 0.717) is 18.7 Å². The van der Waals surface area contributed by atoms with Gasteiger partial charge in [-0.05, 0) is 18.6 Å². The van der Waals surface area contributed by atoms with E-state index in [1.165, 1.54) is 0 Å². The van der Waals surface area contributed by atoms with Crippen molar-refractivity contribution in [3.63, 3.8) is 0 Å². The third kappa shape index (κ3) is 4.47. The van der Waals surface area contributed by atoms with Gasteiger partial charge >= 0.3 is 6.01 Å². The fourth-order valence-electron chi connectivity index (χ4n) is 1.69. The number of nitrogens with zero attached hydrogens (tertiary/aromatic N) is 2. The Hall–Kier alpha value is -2.05. The largest absolute Gasteiger partial charge is 0.421 e. The molecule has 0 radical (unpaired) electrons. The molecular formula is C15H18FN3O2. The molecule has 0 saturated heterocycles. The van der Waals surface area contributed by atoms with Crippen LogP contribution in [0.1, 0.15) is 11.1 Å². The molecule has 0 aliphatic heterocycles. The number of benzene rings is 1. The lowest BCUT2D eigenvalue weighted by Crippen LogP contribution is -2.18. The zero-order valence-corrected chi connectivity index (χ0v) is 12.1. The van der Waals surface area contributed by atoms with Gasteiger partial charge in [0.1, 0.15) is 0 Å². The van der Waals surface area contributed by atoms with Crippen molar-refractivity contribution >= 4 is 0 Å². The predicted octanol–water partition coefficient (Wildman–Crippen LogP) is 2.45. The smallest absolute Gasteiger partial charge is 0.321 e. The summed E-state index contributed by atoms with van der Waals surface area (Å²) in [5, 5.41) is 3.18. The minimum absolute atomic E-state index is 0.125. The zero-order valence-electron chi connectivity index (χ0n) is 12.1. The molecule has 0 unspecified atom stereocenters. The fourth-order valence-corrected chi connectivity index (χ4v) is 1.69. The van der Waals surface area contributed by atoms with E-state index < -0.39 is 5.82 Å². The first-order valence-corrected chi connectivity index (χ1v) is 6.64. The van der Waals surface area contributed by atoms with Gasteiger partial charge in [0, 0.05) is 38.2 Å². The molecule has 2 aromatic rings. The normalized spacial score (nSPS) is 10.6. The van der Waals surface area contributed by atoms with E-state index in [0.717, 1.165) is 12.1 Å². The lowest BCUT2D eigenvalue weighted by Gasteiger charge is -2.07. The molecule has 1 N–H and O–H groups in total. The van der Waals surface area contributed by atoms with Crippen molar-refractivity contribution in [2.75, 3.05) is 20.3 Å². The lowest BCUT2D eigenvalue weighted by molar-refractivity contribution is 0.199. The van der Waals surface area contributed by atoms with Crippen LogP contribution >= 0.6 is 0 Å². The molecule has 2 rings (SSSR count). The summed E-state index contributed by atoms with van der Waals surface area (Å²) >= 11 is 0. The molecule has 6 heteroatoms.